The Bertz CT molecular complexity index is 4660. The van der Waals surface area contributed by atoms with E-state index in [9.17, 15) is 75.0 Å². The van der Waals surface area contributed by atoms with Gasteiger partial charge in [-0.3, -0.25) is 61.8 Å². The molecule has 0 saturated heterocycles. The number of hydrogen-bond acceptors (Lipinski definition) is 53. The molecule has 16 heterocycles. The third kappa shape index (κ3) is 84.1. The maximum absolute atomic E-state index is 10.3. The summed E-state index contributed by atoms with van der Waals surface area (Å²) in [5.41, 5.74) is 3.96. The van der Waals surface area contributed by atoms with Crippen LogP contribution in [0.5, 0.6) is 0 Å². The molecule has 3 aliphatic rings. The number of rotatable bonds is 0. The van der Waals surface area contributed by atoms with Crippen molar-refractivity contribution in [2.24, 2.45) is 14.0 Å². The average molecular weight is 2070 g/mol. The number of hydrazine groups is 1. The summed E-state index contributed by atoms with van der Waals surface area (Å²) in [5, 5.41) is 36.1. The largest absolute Gasteiger partial charge is 0.542 e. The number of H-pyrrole nitrogens is 8. The van der Waals surface area contributed by atoms with Crippen LogP contribution in [-0.4, -0.2) is 134 Å². The van der Waals surface area contributed by atoms with Gasteiger partial charge < -0.3 is 26.5 Å². The molecular weight excluding hydrogens is 1940 g/mol. The van der Waals surface area contributed by atoms with E-state index in [1.165, 1.54) is 57.4 Å². The fraction of sp³-hybridized carbons (Fsp3) is 0.525. The number of hydroxylamine groups is 1. The molecular formula is C61H123N27O28S12. The smallest absolute Gasteiger partial charge is 0.399 e. The second kappa shape index (κ2) is 86.3. The number of hydrogen-bond donors (Lipinski definition) is 11. The summed E-state index contributed by atoms with van der Waals surface area (Å²) >= 11 is 3.01. The number of aryl methyl sites for hydroxylation is 13. The number of aromatic amines is 8. The summed E-state index contributed by atoms with van der Waals surface area (Å²) in [7, 11) is 2.60. The summed E-state index contributed by atoms with van der Waals surface area (Å²) in [6.07, 6.45) is 0. The van der Waals surface area contributed by atoms with E-state index in [1.807, 2.05) is 19.0 Å². The molecule has 3 aliphatic heterocycles. The fourth-order valence-electron chi connectivity index (χ4n) is 4.49. The van der Waals surface area contributed by atoms with Gasteiger partial charge in [0.05, 0.1) is 0 Å². The van der Waals surface area contributed by atoms with Crippen LogP contribution in [0, 0.1) is 90.0 Å². The van der Waals surface area contributed by atoms with E-state index in [1.54, 1.807) is 83.1 Å². The molecule has 0 bridgehead atoms. The molecule has 0 spiro atoms. The molecule has 3 unspecified atom stereocenters. The third-order valence-electron chi connectivity index (χ3n) is 8.21. The molecule has 128 heavy (non-hydrogen) atoms. The Kier molecular flexibility index (Phi) is 104. The minimum absolute atomic E-state index is 0. The molecule has 55 nitrogen and oxygen atoms in total. The molecule has 13 aromatic heterocycles. The first-order valence-electron chi connectivity index (χ1n) is 28.2. The molecule has 0 saturated carbocycles. The van der Waals surface area contributed by atoms with Gasteiger partial charge in [0, 0.05) is 76.1 Å². The van der Waals surface area contributed by atoms with Gasteiger partial charge in [-0.15, -0.1) is 19.3 Å². The van der Waals surface area contributed by atoms with Crippen LogP contribution in [0.4, 0.5) is 0 Å². The van der Waals surface area contributed by atoms with Crippen molar-refractivity contribution in [3.05, 3.63) is 203 Å². The number of oxime groups is 1. The fourth-order valence-corrected chi connectivity index (χ4v) is 10.8. The van der Waals surface area contributed by atoms with Gasteiger partial charge in [-0.25, -0.2) is 76.9 Å². The highest BCUT2D eigenvalue weighted by molar-refractivity contribution is 7.82. The number of amidine groups is 2. The molecule has 0 fully saturated rings. The maximum Gasteiger partial charge on any atom is 0.542 e. The molecule has 0 aromatic carbocycles. The summed E-state index contributed by atoms with van der Waals surface area (Å²) in [6.45, 7) is 26.9. The van der Waals surface area contributed by atoms with Gasteiger partial charge in [-0.2, -0.15) is 56.3 Å². The Morgan fingerprint density at radius 1 is 0.414 bits per heavy atom. The molecule has 11 N–H and O–H groups in total. The van der Waals surface area contributed by atoms with E-state index >= 15 is 0 Å². The summed E-state index contributed by atoms with van der Waals surface area (Å²) in [4.78, 5) is 153. The average Bonchev–Trinajstić information content (AvgIpc) is 2.09. The third-order valence-corrected chi connectivity index (χ3v) is 17.0. The van der Waals surface area contributed by atoms with E-state index < -0.39 is 62.6 Å². The predicted octanol–water partition coefficient (Wildman–Crippen LogP) is 10.0. The van der Waals surface area contributed by atoms with Crippen LogP contribution in [-0.2, 0) is 46.6 Å². The van der Waals surface area contributed by atoms with Crippen molar-refractivity contribution in [2.75, 3.05) is 0 Å². The minimum atomic E-state index is -1.66. The van der Waals surface area contributed by atoms with E-state index in [-0.39, 0.29) is 171 Å². The highest BCUT2D eigenvalue weighted by Gasteiger charge is 2.11. The van der Waals surface area contributed by atoms with E-state index in [0.29, 0.717) is 57.7 Å². The quantitative estimate of drug-likeness (QED) is 0.0496. The van der Waals surface area contributed by atoms with Gasteiger partial charge in [0.2, 0.25) is 46.5 Å². The zero-order chi connectivity index (χ0) is 84.4. The highest BCUT2D eigenvalue weighted by atomic mass is 32.9. The molecule has 13 aromatic rings. The van der Waals surface area contributed by atoms with Crippen LogP contribution >= 0.6 is 101 Å². The van der Waals surface area contributed by atoms with Gasteiger partial charge in [0.15, 0.2) is 0 Å². The van der Waals surface area contributed by atoms with E-state index in [4.69, 9.17) is 0 Å². The Balaban J connectivity index is -0.0000000740. The van der Waals surface area contributed by atoms with Crippen LogP contribution in [0.2, 0.25) is 0 Å². The van der Waals surface area contributed by atoms with Crippen LogP contribution in [0.3, 0.4) is 0 Å². The highest BCUT2D eigenvalue weighted by Crippen LogP contribution is 2.03. The normalized spacial score (nSPS) is 11.3. The van der Waals surface area contributed by atoms with Crippen LogP contribution in [0.25, 0.3) is 0 Å². The van der Waals surface area contributed by atoms with Crippen molar-refractivity contribution in [1.82, 2.24) is 119 Å². The van der Waals surface area contributed by atoms with Crippen LogP contribution in [0.1, 0.15) is 212 Å². The van der Waals surface area contributed by atoms with Crippen molar-refractivity contribution in [1.29, 1.82) is 0 Å². The summed E-state index contributed by atoms with van der Waals surface area (Å²) in [6, 6.07) is 0. The van der Waals surface area contributed by atoms with Gasteiger partial charge in [-0.05, 0) is 113 Å². The molecule has 0 radical (unpaired) electrons. The van der Waals surface area contributed by atoms with Gasteiger partial charge in [0.25, 0.3) is 0 Å². The number of aromatic nitrogens is 21. The van der Waals surface area contributed by atoms with Gasteiger partial charge in [0.1, 0.15) is 54.2 Å². The summed E-state index contributed by atoms with van der Waals surface area (Å²) < 4.78 is 101. The molecule has 16 rings (SSSR count). The second-order valence-electron chi connectivity index (χ2n) is 17.7. The molecule has 742 valence electrons. The molecule has 67 heteroatoms. The lowest BCUT2D eigenvalue weighted by atomic mass is 10.7. The number of nitrogens with one attached hydrogen (secondary N) is 11. The first-order valence-corrected chi connectivity index (χ1v) is 39.1. The van der Waals surface area contributed by atoms with Crippen LogP contribution in [0.15, 0.2) is 117 Å². The number of nitrogens with zero attached hydrogens (tertiary/aromatic N) is 16. The second-order valence-corrected chi connectivity index (χ2v) is 29.3. The first-order chi connectivity index (χ1) is 52.6. The van der Waals surface area contributed by atoms with Gasteiger partial charge in [-0.1, -0.05) is 162 Å². The molecule has 0 amide bonds. The topological polar surface area (TPSA) is 786 Å². The van der Waals surface area contributed by atoms with Crippen LogP contribution < -0.4 is 84.5 Å². The van der Waals surface area contributed by atoms with Crippen molar-refractivity contribution in [3.63, 3.8) is 0 Å². The Hall–Kier alpha value is -11.4. The lowest BCUT2D eigenvalue weighted by molar-refractivity contribution is 0.0412. The van der Waals surface area contributed by atoms with Crippen molar-refractivity contribution in [2.45, 2.75) is 230 Å². The van der Waals surface area contributed by atoms with Crippen molar-refractivity contribution < 1.29 is 65.9 Å². The zero-order valence-corrected chi connectivity index (χ0v) is 69.3. The Morgan fingerprint density at radius 3 is 1.16 bits per heavy atom. The lowest BCUT2D eigenvalue weighted by Crippen LogP contribution is -2.27. The first kappa shape index (κ1) is 154. The Morgan fingerprint density at radius 2 is 1.04 bits per heavy atom. The standard InChI is InChI=1S/C3H5N3O.3C3H4N2O2.3C3H4N2OS.2C3H3NO3.2C3H3NO2S.2C3H3NOS2.C2H5N3OS.C2H4N2O2S.C2H3NO3S.16CH4/c1-2-4-3(7)6-5-2;1-2-4-5-3(6)7-2;1-2-4-3(6)5-7-2;1-2-4-3(6)7-5-2;1-2-4-5-3(6)7-2;1-2-4-3(6)5-7-2;1-2-4-3(6)7-5-2;1-2-4-7-3(5)6-2;1-2-4-3(5)7-6-2;1-2-4-6-3(5)7-2;2*1-2-4-7-3(5)6-2;1-2-4-3(5)7-6-2;1-2-3-5-7(6)4-2;1-2-3-6-7(5)4-2;1-2-3-6-7(4)5-2;;;;;;;;;;;;;;;;/h1H3,(H2,4,5,6,7);2*1H3,(H,5,6);1H3,(H,4,5,6);2*1H3,(H,5,6);1H3,(H,4,5,6);6*1H3;5H,1H3,(H,3,4);1H3,(H,3,4);1H3;16*1H4. The van der Waals surface area contributed by atoms with Crippen molar-refractivity contribution in [3.8, 4) is 0 Å². The monoisotopic (exact) mass is 2070 g/mol. The lowest BCUT2D eigenvalue weighted by Gasteiger charge is -1.85. The minimum Gasteiger partial charge on any atom is -0.399 e. The SMILES string of the molecule is C.C.C.C.C.C.C.C.C.C.C.C.C.C.C.C.CC1=NOS(=O)O1.CC1=NS(=O)NN1.CC1=NS(=O)ON1.Cc1n[nH]c(=O)[nH]1.Cc1n[nH]c(=O)o1.Cc1n[nH]c(=O)s1.Cc1nc(=O)[nH]o1.Cc1nc(=O)[nH]s1.Cc1nc(=O)oo1.Cc1nc(=O)ss1.Cc1noc(=O)[nH]1.Cc1noc(=O)o1.Cc1noc(=O)s1.Cc1nsc(=O)[nH]1.Cc1nsc(=O)o1.Cc1nsc(=O)s1. The zero-order valence-electron chi connectivity index (χ0n) is 59.5. The molecule has 0 aliphatic carbocycles. The van der Waals surface area contributed by atoms with E-state index in [0.717, 1.165) is 77.3 Å². The Labute approximate surface area is 778 Å². The maximum atomic E-state index is 10.3. The predicted molar refractivity (Wildman–Crippen MR) is 508 cm³/mol. The van der Waals surface area contributed by atoms with Gasteiger partial charge >= 0.3 is 91.3 Å². The summed E-state index contributed by atoms with van der Waals surface area (Å²) in [5.74, 6) is 2.57. The molecule has 3 atom stereocenters. The van der Waals surface area contributed by atoms with E-state index in [2.05, 4.69) is 181 Å². The van der Waals surface area contributed by atoms with Crippen molar-refractivity contribution >= 4 is 152 Å².